The van der Waals surface area contributed by atoms with Crippen LogP contribution in [-0.2, 0) is 7.05 Å². The van der Waals surface area contributed by atoms with E-state index in [0.717, 1.165) is 0 Å². The van der Waals surface area contributed by atoms with Crippen LogP contribution in [0, 0.1) is 6.92 Å². The molecule has 0 unspecified atom stereocenters. The molecular formula is C23H24N3+. The van der Waals surface area contributed by atoms with Crippen molar-refractivity contribution in [2.45, 2.75) is 20.0 Å². The summed E-state index contributed by atoms with van der Waals surface area (Å²) in [6.07, 6.45) is 4.53. The van der Waals surface area contributed by atoms with Crippen LogP contribution in [0.4, 0.5) is 11.5 Å². The number of nitrogens with zero attached hydrogens (tertiary/aromatic N) is 3. The summed E-state index contributed by atoms with van der Waals surface area (Å²) in [4.78, 5) is 4.61. The summed E-state index contributed by atoms with van der Waals surface area (Å²) in [5, 5.41) is 0. The largest absolute Gasteiger partial charge is 0.305 e. The van der Waals surface area contributed by atoms with E-state index in [9.17, 15) is 0 Å². The monoisotopic (exact) mass is 342 g/mol. The zero-order chi connectivity index (χ0) is 18.1. The summed E-state index contributed by atoms with van der Waals surface area (Å²) in [6, 6.07) is 25.6. The van der Waals surface area contributed by atoms with E-state index in [1.165, 1.54) is 28.3 Å². The van der Waals surface area contributed by atoms with E-state index < -0.39 is 0 Å². The van der Waals surface area contributed by atoms with Crippen molar-refractivity contribution in [1.82, 2.24) is 0 Å². The molecule has 2 aromatic carbocycles. The third-order valence-electron chi connectivity index (χ3n) is 5.14. The van der Waals surface area contributed by atoms with E-state index in [0.29, 0.717) is 0 Å². The highest BCUT2D eigenvalue weighted by Crippen LogP contribution is 2.28. The Morgan fingerprint density at radius 2 is 1.46 bits per heavy atom. The normalized spacial score (nSPS) is 16.3. The minimum atomic E-state index is 0.218. The quantitative estimate of drug-likeness (QED) is 0.642. The molecule has 0 fully saturated rings. The summed E-state index contributed by atoms with van der Waals surface area (Å²) in [5.41, 5.74) is 4.99. The summed E-state index contributed by atoms with van der Waals surface area (Å²) in [7, 11) is 2.14. The van der Waals surface area contributed by atoms with Crippen molar-refractivity contribution in [2.24, 2.45) is 7.05 Å². The fraction of sp³-hybridized carbons (Fsp3) is 0.174. The lowest BCUT2D eigenvalue weighted by Gasteiger charge is -2.25. The minimum absolute atomic E-state index is 0.218. The second kappa shape index (κ2) is 6.68. The third-order valence-corrected chi connectivity index (χ3v) is 5.14. The first-order valence-corrected chi connectivity index (χ1v) is 9.02. The van der Waals surface area contributed by atoms with Gasteiger partial charge in [-0.3, -0.25) is 0 Å². The maximum absolute atomic E-state index is 2.31. The molecule has 1 aliphatic heterocycles. The van der Waals surface area contributed by atoms with E-state index in [2.05, 4.69) is 120 Å². The lowest BCUT2D eigenvalue weighted by atomic mass is 10.0. The van der Waals surface area contributed by atoms with E-state index in [1.807, 2.05) is 0 Å². The van der Waals surface area contributed by atoms with Crippen LogP contribution in [0.5, 0.6) is 0 Å². The van der Waals surface area contributed by atoms with Gasteiger partial charge in [0.05, 0.1) is 7.05 Å². The van der Waals surface area contributed by atoms with Gasteiger partial charge in [-0.1, -0.05) is 42.5 Å². The van der Waals surface area contributed by atoms with Crippen molar-refractivity contribution >= 4 is 11.5 Å². The van der Waals surface area contributed by atoms with Crippen LogP contribution in [0.3, 0.4) is 0 Å². The van der Waals surface area contributed by atoms with Gasteiger partial charge in [0.2, 0.25) is 0 Å². The number of rotatable bonds is 3. The summed E-state index contributed by atoms with van der Waals surface area (Å²) in [5.74, 6) is 1.17. The number of hydrogen-bond donors (Lipinski definition) is 0. The molecule has 0 saturated heterocycles. The van der Waals surface area contributed by atoms with Crippen molar-refractivity contribution in [1.29, 1.82) is 0 Å². The van der Waals surface area contributed by atoms with Gasteiger partial charge >= 0.3 is 0 Å². The Kier molecular flexibility index (Phi) is 4.21. The van der Waals surface area contributed by atoms with Gasteiger partial charge in [0, 0.05) is 23.5 Å². The molecule has 0 N–H and O–H groups in total. The number of hydrogen-bond acceptors (Lipinski definition) is 2. The van der Waals surface area contributed by atoms with Gasteiger partial charge in [-0.05, 0) is 43.7 Å². The van der Waals surface area contributed by atoms with Gasteiger partial charge in [0.25, 0.3) is 5.82 Å². The highest BCUT2D eigenvalue weighted by Gasteiger charge is 2.32. The molecule has 1 atom stereocenters. The Hall–Kier alpha value is -3.07. The molecule has 26 heavy (non-hydrogen) atoms. The van der Waals surface area contributed by atoms with Crippen molar-refractivity contribution in [2.75, 3.05) is 9.80 Å². The average Bonchev–Trinajstić information content (AvgIpc) is 3.05. The predicted octanol–water partition coefficient (Wildman–Crippen LogP) is 4.63. The van der Waals surface area contributed by atoms with Gasteiger partial charge < -0.3 is 4.90 Å². The average molecular weight is 342 g/mol. The second-order valence-corrected chi connectivity index (χ2v) is 6.72. The summed E-state index contributed by atoms with van der Waals surface area (Å²) >= 11 is 0. The molecule has 0 bridgehead atoms. The van der Waals surface area contributed by atoms with Crippen molar-refractivity contribution in [3.05, 3.63) is 90.8 Å². The maximum Gasteiger partial charge on any atom is 0.283 e. The second-order valence-electron chi connectivity index (χ2n) is 6.72. The van der Waals surface area contributed by atoms with Gasteiger partial charge in [0.15, 0.2) is 6.17 Å². The number of anilines is 2. The topological polar surface area (TPSA) is 10.4 Å². The summed E-state index contributed by atoms with van der Waals surface area (Å²) in [6.45, 7) is 4.39. The third kappa shape index (κ3) is 2.76. The molecule has 0 aliphatic carbocycles. The number of benzene rings is 2. The predicted molar refractivity (Wildman–Crippen MR) is 108 cm³/mol. The Morgan fingerprint density at radius 1 is 0.769 bits per heavy atom. The Balaban J connectivity index is 1.71. The zero-order valence-electron chi connectivity index (χ0n) is 15.5. The van der Waals surface area contributed by atoms with Gasteiger partial charge in [-0.25, -0.2) is 9.47 Å². The van der Waals surface area contributed by atoms with Crippen molar-refractivity contribution in [3.63, 3.8) is 0 Å². The van der Waals surface area contributed by atoms with E-state index in [4.69, 9.17) is 0 Å². The van der Waals surface area contributed by atoms with Crippen LogP contribution in [0.15, 0.2) is 85.2 Å². The Morgan fingerprint density at radius 3 is 2.23 bits per heavy atom. The molecular weight excluding hydrogens is 318 g/mol. The summed E-state index contributed by atoms with van der Waals surface area (Å²) < 4.78 is 2.28. The lowest BCUT2D eigenvalue weighted by molar-refractivity contribution is -0.647. The van der Waals surface area contributed by atoms with Crippen LogP contribution in [-0.4, -0.2) is 6.17 Å². The Labute approximate surface area is 155 Å². The molecule has 3 heteroatoms. The van der Waals surface area contributed by atoms with Crippen LogP contribution >= 0.6 is 0 Å². The van der Waals surface area contributed by atoms with Gasteiger partial charge in [-0.2, -0.15) is 0 Å². The molecule has 0 spiro atoms. The van der Waals surface area contributed by atoms with Crippen molar-refractivity contribution < 1.29 is 4.57 Å². The highest BCUT2D eigenvalue weighted by molar-refractivity contribution is 5.63. The first kappa shape index (κ1) is 16.4. The molecule has 0 amide bonds. The first-order chi connectivity index (χ1) is 12.7. The number of aromatic nitrogens is 1. The fourth-order valence-corrected chi connectivity index (χ4v) is 3.66. The number of aryl methyl sites for hydroxylation is 1. The minimum Gasteiger partial charge on any atom is -0.305 e. The molecule has 2 heterocycles. The Bertz CT molecular complexity index is 947. The molecule has 3 aromatic rings. The SMILES string of the molecule is Cc1ccccc1-c1cccc(N2C=CN(c3ccccc3)[C@@H]2C)[n+]1C. The lowest BCUT2D eigenvalue weighted by Crippen LogP contribution is -2.44. The van der Waals surface area contributed by atoms with Gasteiger partial charge in [-0.15, -0.1) is 0 Å². The van der Waals surface area contributed by atoms with E-state index in [-0.39, 0.29) is 6.17 Å². The number of para-hydroxylation sites is 1. The highest BCUT2D eigenvalue weighted by atomic mass is 15.4. The fourth-order valence-electron chi connectivity index (χ4n) is 3.66. The van der Waals surface area contributed by atoms with Crippen LogP contribution in [0.1, 0.15) is 12.5 Å². The first-order valence-electron chi connectivity index (χ1n) is 9.02. The molecule has 4 rings (SSSR count). The van der Waals surface area contributed by atoms with E-state index >= 15 is 0 Å². The zero-order valence-corrected chi connectivity index (χ0v) is 15.5. The maximum atomic E-state index is 2.31. The molecule has 0 saturated carbocycles. The molecule has 1 aromatic heterocycles. The van der Waals surface area contributed by atoms with Crippen LogP contribution in [0.2, 0.25) is 0 Å². The molecule has 0 radical (unpaired) electrons. The number of pyridine rings is 1. The van der Waals surface area contributed by atoms with Crippen LogP contribution < -0.4 is 14.4 Å². The van der Waals surface area contributed by atoms with E-state index in [1.54, 1.807) is 0 Å². The van der Waals surface area contributed by atoms with Gasteiger partial charge in [0.1, 0.15) is 11.9 Å². The van der Waals surface area contributed by atoms with Crippen LogP contribution in [0.25, 0.3) is 11.3 Å². The molecule has 3 nitrogen and oxygen atoms in total. The standard InChI is InChI=1S/C23H24N3/c1-18-10-7-8-13-21(18)22-14-9-15-23(24(22)3)26-17-16-25(19(26)2)20-11-5-4-6-12-20/h4-17,19H,1-3H3/q+1/t19-/m0/s1. The van der Waals surface area contributed by atoms with Crippen molar-refractivity contribution in [3.8, 4) is 11.3 Å². The smallest absolute Gasteiger partial charge is 0.283 e. The molecule has 1 aliphatic rings. The molecule has 130 valence electrons.